The first kappa shape index (κ1) is 14.1. The van der Waals surface area contributed by atoms with Gasteiger partial charge in [-0.05, 0) is 24.8 Å². The summed E-state index contributed by atoms with van der Waals surface area (Å²) in [7, 11) is 0. The molecule has 1 aromatic rings. The van der Waals surface area contributed by atoms with Crippen LogP contribution < -0.4 is 5.73 Å². The molecular formula is C13H19F2NO. The molecule has 0 amide bonds. The Kier molecular flexibility index (Phi) is 5.02. The molecule has 1 rings (SSSR count). The highest BCUT2D eigenvalue weighted by molar-refractivity contribution is 5.23. The molecule has 96 valence electrons. The van der Waals surface area contributed by atoms with Crippen LogP contribution in [0.25, 0.3) is 0 Å². The van der Waals surface area contributed by atoms with Gasteiger partial charge in [0.1, 0.15) is 0 Å². The summed E-state index contributed by atoms with van der Waals surface area (Å²) in [4.78, 5) is 0. The third kappa shape index (κ3) is 3.75. The molecule has 0 bridgehead atoms. The third-order valence-corrected chi connectivity index (χ3v) is 2.79. The van der Waals surface area contributed by atoms with E-state index in [1.54, 1.807) is 0 Å². The van der Waals surface area contributed by atoms with Crippen molar-refractivity contribution in [3.8, 4) is 0 Å². The Morgan fingerprint density at radius 3 is 2.47 bits per heavy atom. The lowest BCUT2D eigenvalue weighted by molar-refractivity contribution is 0.126. The van der Waals surface area contributed by atoms with E-state index in [1.165, 1.54) is 12.1 Å². The Bertz CT molecular complexity index is 368. The number of benzene rings is 1. The van der Waals surface area contributed by atoms with Crippen molar-refractivity contribution in [1.29, 1.82) is 0 Å². The van der Waals surface area contributed by atoms with E-state index in [0.29, 0.717) is 12.3 Å². The Morgan fingerprint density at radius 2 is 1.88 bits per heavy atom. The molecule has 0 unspecified atom stereocenters. The molecule has 2 atom stereocenters. The number of nitrogens with two attached hydrogens (primary N) is 1. The summed E-state index contributed by atoms with van der Waals surface area (Å²) in [6.45, 7) is 4.06. The van der Waals surface area contributed by atoms with Crippen molar-refractivity contribution in [3.05, 3.63) is 35.4 Å². The minimum atomic E-state index is -0.969. The molecule has 0 aromatic heterocycles. The van der Waals surface area contributed by atoms with Gasteiger partial charge in [-0.2, -0.15) is 0 Å². The van der Waals surface area contributed by atoms with Gasteiger partial charge >= 0.3 is 0 Å². The molecule has 0 saturated heterocycles. The lowest BCUT2D eigenvalue weighted by Gasteiger charge is -2.20. The van der Waals surface area contributed by atoms with Crippen molar-refractivity contribution in [2.24, 2.45) is 11.7 Å². The molecule has 0 aliphatic carbocycles. The molecule has 0 aliphatic rings. The van der Waals surface area contributed by atoms with Crippen LogP contribution >= 0.6 is 0 Å². The second kappa shape index (κ2) is 6.07. The van der Waals surface area contributed by atoms with E-state index in [-0.39, 0.29) is 5.56 Å². The van der Waals surface area contributed by atoms with Gasteiger partial charge in [0.05, 0.1) is 12.1 Å². The minimum absolute atomic E-state index is 0.0289. The zero-order chi connectivity index (χ0) is 13.0. The zero-order valence-electron chi connectivity index (χ0n) is 10.2. The van der Waals surface area contributed by atoms with Gasteiger partial charge in [0, 0.05) is 5.56 Å². The van der Waals surface area contributed by atoms with Crippen LogP contribution in [0.15, 0.2) is 18.2 Å². The summed E-state index contributed by atoms with van der Waals surface area (Å²) in [6, 6.07) is 2.95. The van der Waals surface area contributed by atoms with Gasteiger partial charge in [-0.15, -0.1) is 0 Å². The van der Waals surface area contributed by atoms with E-state index in [9.17, 15) is 13.9 Å². The predicted octanol–water partition coefficient (Wildman–Crippen LogP) is 2.76. The van der Waals surface area contributed by atoms with Gasteiger partial charge in [0.2, 0.25) is 0 Å². The van der Waals surface area contributed by atoms with Crippen LogP contribution in [0.1, 0.15) is 38.3 Å². The van der Waals surface area contributed by atoms with Crippen LogP contribution in [0.3, 0.4) is 0 Å². The van der Waals surface area contributed by atoms with Crippen molar-refractivity contribution in [3.63, 3.8) is 0 Å². The van der Waals surface area contributed by atoms with E-state index in [1.807, 2.05) is 13.8 Å². The van der Waals surface area contributed by atoms with Crippen molar-refractivity contribution in [2.45, 2.75) is 38.8 Å². The number of aliphatic hydroxyl groups excluding tert-OH is 1. The molecule has 4 heteroatoms. The van der Waals surface area contributed by atoms with Gasteiger partial charge in [-0.3, -0.25) is 0 Å². The van der Waals surface area contributed by atoms with Crippen LogP contribution in [-0.2, 0) is 0 Å². The van der Waals surface area contributed by atoms with Crippen LogP contribution in [0.5, 0.6) is 0 Å². The fourth-order valence-corrected chi connectivity index (χ4v) is 1.67. The summed E-state index contributed by atoms with van der Waals surface area (Å²) in [5.74, 6) is -1.47. The monoisotopic (exact) mass is 243 g/mol. The minimum Gasteiger partial charge on any atom is -0.391 e. The second-order valence-corrected chi connectivity index (χ2v) is 4.71. The average molecular weight is 243 g/mol. The first-order chi connectivity index (χ1) is 7.93. The molecule has 0 aliphatic heterocycles. The highest BCUT2D eigenvalue weighted by Gasteiger charge is 2.21. The normalized spacial score (nSPS) is 15.0. The fourth-order valence-electron chi connectivity index (χ4n) is 1.67. The molecule has 0 spiro atoms. The van der Waals surface area contributed by atoms with E-state index in [4.69, 9.17) is 5.73 Å². The van der Waals surface area contributed by atoms with Crippen molar-refractivity contribution in [2.75, 3.05) is 0 Å². The molecule has 0 saturated carbocycles. The SMILES string of the molecule is CC(C)CC[C@@H](O)[C@@H](N)c1cccc(F)c1F. The topological polar surface area (TPSA) is 46.2 Å². The van der Waals surface area contributed by atoms with Crippen LogP contribution in [-0.4, -0.2) is 11.2 Å². The molecule has 3 N–H and O–H groups in total. The Balaban J connectivity index is 2.74. The van der Waals surface area contributed by atoms with Gasteiger partial charge in [0.15, 0.2) is 11.6 Å². The first-order valence-electron chi connectivity index (χ1n) is 5.81. The zero-order valence-corrected chi connectivity index (χ0v) is 10.2. The molecule has 2 nitrogen and oxygen atoms in total. The molecule has 17 heavy (non-hydrogen) atoms. The maximum absolute atomic E-state index is 13.4. The van der Waals surface area contributed by atoms with E-state index < -0.39 is 23.8 Å². The van der Waals surface area contributed by atoms with E-state index >= 15 is 0 Å². The van der Waals surface area contributed by atoms with E-state index in [0.717, 1.165) is 12.5 Å². The fraction of sp³-hybridized carbons (Fsp3) is 0.538. The third-order valence-electron chi connectivity index (χ3n) is 2.79. The van der Waals surface area contributed by atoms with Crippen LogP contribution in [0, 0.1) is 17.6 Å². The molecular weight excluding hydrogens is 224 g/mol. The van der Waals surface area contributed by atoms with E-state index in [2.05, 4.69) is 0 Å². The lowest BCUT2D eigenvalue weighted by Crippen LogP contribution is -2.27. The molecule has 0 heterocycles. The maximum Gasteiger partial charge on any atom is 0.163 e. The Labute approximate surface area is 100 Å². The van der Waals surface area contributed by atoms with Gasteiger partial charge in [0.25, 0.3) is 0 Å². The largest absolute Gasteiger partial charge is 0.391 e. The van der Waals surface area contributed by atoms with Crippen molar-refractivity contribution >= 4 is 0 Å². The predicted molar refractivity (Wildman–Crippen MR) is 63.4 cm³/mol. The highest BCUT2D eigenvalue weighted by atomic mass is 19.2. The van der Waals surface area contributed by atoms with Gasteiger partial charge in [-0.25, -0.2) is 8.78 Å². The summed E-state index contributed by atoms with van der Waals surface area (Å²) < 4.78 is 26.4. The lowest BCUT2D eigenvalue weighted by atomic mass is 9.95. The summed E-state index contributed by atoms with van der Waals surface area (Å²) in [5, 5.41) is 9.82. The number of rotatable bonds is 5. The molecule has 0 fully saturated rings. The number of hydrogen-bond acceptors (Lipinski definition) is 2. The number of hydrogen-bond donors (Lipinski definition) is 2. The van der Waals surface area contributed by atoms with Crippen LogP contribution in [0.4, 0.5) is 8.78 Å². The summed E-state index contributed by atoms with van der Waals surface area (Å²) in [6.07, 6.45) is 0.425. The standard InChI is InChI=1S/C13H19F2NO/c1-8(2)6-7-11(17)13(16)9-4-3-5-10(14)12(9)15/h3-5,8,11,13,17H,6-7,16H2,1-2H3/t11-,13+/m1/s1. The second-order valence-electron chi connectivity index (χ2n) is 4.71. The van der Waals surface area contributed by atoms with Crippen molar-refractivity contribution in [1.82, 2.24) is 0 Å². The quantitative estimate of drug-likeness (QED) is 0.835. The van der Waals surface area contributed by atoms with Crippen LogP contribution in [0.2, 0.25) is 0 Å². The van der Waals surface area contributed by atoms with Crippen molar-refractivity contribution < 1.29 is 13.9 Å². The van der Waals surface area contributed by atoms with Gasteiger partial charge < -0.3 is 10.8 Å². The highest BCUT2D eigenvalue weighted by Crippen LogP contribution is 2.23. The number of halogens is 2. The summed E-state index contributed by atoms with van der Waals surface area (Å²) >= 11 is 0. The van der Waals surface area contributed by atoms with Gasteiger partial charge in [-0.1, -0.05) is 26.0 Å². The number of aliphatic hydroxyl groups is 1. The smallest absolute Gasteiger partial charge is 0.163 e. The average Bonchev–Trinajstić information content (AvgIpc) is 2.28. The molecule has 1 aromatic carbocycles. The Hall–Kier alpha value is -1.00. The first-order valence-corrected chi connectivity index (χ1v) is 5.81. The Morgan fingerprint density at radius 1 is 1.24 bits per heavy atom. The molecule has 0 radical (unpaired) electrons. The summed E-state index contributed by atoms with van der Waals surface area (Å²) in [5.41, 5.74) is 5.77. The maximum atomic E-state index is 13.4.